The van der Waals surface area contributed by atoms with Gasteiger partial charge in [-0.05, 0) is 36.8 Å². The van der Waals surface area contributed by atoms with E-state index >= 15 is 0 Å². The van der Waals surface area contributed by atoms with E-state index in [1.807, 2.05) is 0 Å². The molecule has 5 heteroatoms. The first-order valence-electron chi connectivity index (χ1n) is 6.15. The van der Waals surface area contributed by atoms with Gasteiger partial charge in [-0.3, -0.25) is 0 Å². The lowest BCUT2D eigenvalue weighted by Gasteiger charge is -2.21. The zero-order chi connectivity index (χ0) is 13.0. The second-order valence-corrected chi connectivity index (χ2v) is 5.39. The molecule has 0 saturated carbocycles. The third-order valence-corrected chi connectivity index (χ3v) is 4.15. The Labute approximate surface area is 111 Å². The third-order valence-electron chi connectivity index (χ3n) is 3.17. The molecule has 2 N–H and O–H groups in total. The number of fused-ring (bicyclic) bond motifs is 1. The van der Waals surface area contributed by atoms with Crippen LogP contribution in [0.5, 0.6) is 5.88 Å². The summed E-state index contributed by atoms with van der Waals surface area (Å²) < 4.78 is 5.04. The first-order valence-corrected chi connectivity index (χ1v) is 7.13. The summed E-state index contributed by atoms with van der Waals surface area (Å²) in [6.07, 6.45) is 5.44. The van der Waals surface area contributed by atoms with Crippen LogP contribution in [0.3, 0.4) is 0 Å². The van der Waals surface area contributed by atoms with E-state index in [0.29, 0.717) is 12.2 Å². The van der Waals surface area contributed by atoms with Crippen molar-refractivity contribution in [2.75, 3.05) is 19.5 Å². The zero-order valence-electron chi connectivity index (χ0n) is 10.5. The largest absolute Gasteiger partial charge is 0.493 e. The van der Waals surface area contributed by atoms with Crippen LogP contribution < -0.4 is 0 Å². The van der Waals surface area contributed by atoms with Gasteiger partial charge < -0.3 is 15.3 Å². The van der Waals surface area contributed by atoms with E-state index in [0.717, 1.165) is 42.0 Å². The lowest BCUT2D eigenvalue weighted by atomic mass is 9.90. The van der Waals surface area contributed by atoms with Crippen molar-refractivity contribution in [3.05, 3.63) is 16.7 Å². The Balaban J connectivity index is 2.34. The predicted molar refractivity (Wildman–Crippen MR) is 73.0 cm³/mol. The maximum Gasteiger partial charge on any atom is 0.221 e. The van der Waals surface area contributed by atoms with Crippen molar-refractivity contribution < 1.29 is 9.84 Å². The number of hydrogen-bond acceptors (Lipinski definition) is 5. The van der Waals surface area contributed by atoms with E-state index < -0.39 is 0 Å². The monoisotopic (exact) mass is 266 g/mol. The molecule has 1 aliphatic rings. The number of nitrogens with one attached hydrogen (secondary N) is 1. The van der Waals surface area contributed by atoms with Gasteiger partial charge in [0.25, 0.3) is 0 Å². The van der Waals surface area contributed by atoms with Crippen molar-refractivity contribution in [3.63, 3.8) is 0 Å². The molecule has 0 spiro atoms. The number of rotatable bonds is 5. The average Bonchev–Trinajstić information content (AvgIpc) is 2.39. The van der Waals surface area contributed by atoms with Crippen LogP contribution >= 0.6 is 11.8 Å². The van der Waals surface area contributed by atoms with Gasteiger partial charge in [-0.1, -0.05) is 0 Å². The molecule has 0 radical (unpaired) electrons. The van der Waals surface area contributed by atoms with E-state index in [1.165, 1.54) is 11.8 Å². The summed E-state index contributed by atoms with van der Waals surface area (Å²) in [6, 6.07) is 0. The van der Waals surface area contributed by atoms with Gasteiger partial charge in [-0.15, -0.1) is 11.8 Å². The van der Waals surface area contributed by atoms with Crippen molar-refractivity contribution in [1.29, 1.82) is 5.41 Å². The Kier molecular flexibility index (Phi) is 4.60. The molecule has 18 heavy (non-hydrogen) atoms. The molecule has 4 nitrogen and oxygen atoms in total. The third kappa shape index (κ3) is 2.67. The van der Waals surface area contributed by atoms with Crippen LogP contribution in [0.4, 0.5) is 0 Å². The maximum absolute atomic E-state index is 9.90. The number of pyridine rings is 1. The summed E-state index contributed by atoms with van der Waals surface area (Å²) in [5, 5.41) is 18.2. The van der Waals surface area contributed by atoms with Gasteiger partial charge in [0.05, 0.1) is 12.2 Å². The van der Waals surface area contributed by atoms with Gasteiger partial charge in [0.15, 0.2) is 0 Å². The first kappa shape index (κ1) is 13.4. The average molecular weight is 266 g/mol. The molecule has 0 fully saturated rings. The Bertz CT molecular complexity index is 449. The van der Waals surface area contributed by atoms with Gasteiger partial charge in [0.2, 0.25) is 5.88 Å². The highest BCUT2D eigenvalue weighted by atomic mass is 32.2. The minimum Gasteiger partial charge on any atom is -0.493 e. The molecule has 98 valence electrons. The number of hydrogen-bond donors (Lipinski definition) is 2. The number of aromatic nitrogens is 1. The Morgan fingerprint density at radius 1 is 1.39 bits per heavy atom. The minimum absolute atomic E-state index is 0.00873. The van der Waals surface area contributed by atoms with Crippen LogP contribution in [-0.2, 0) is 17.6 Å². The number of methoxy groups -OCH3 is 1. The molecule has 1 aromatic heterocycles. The van der Waals surface area contributed by atoms with Crippen LogP contribution in [-0.4, -0.2) is 35.8 Å². The van der Waals surface area contributed by atoms with Crippen molar-refractivity contribution in [2.24, 2.45) is 0 Å². The number of ether oxygens (including phenoxy) is 1. The molecule has 0 bridgehead atoms. The lowest BCUT2D eigenvalue weighted by molar-refractivity contribution is 0.218. The van der Waals surface area contributed by atoms with Gasteiger partial charge in [-0.2, -0.15) is 0 Å². The first-order chi connectivity index (χ1) is 8.77. The molecule has 0 amide bonds. The molecule has 1 aliphatic carbocycles. The summed E-state index contributed by atoms with van der Waals surface area (Å²) >= 11 is 1.62. The second-order valence-electron chi connectivity index (χ2n) is 4.30. The fraction of sp³-hybridized carbons (Fsp3) is 0.538. The highest BCUT2D eigenvalue weighted by Crippen LogP contribution is 2.34. The van der Waals surface area contributed by atoms with Crippen LogP contribution in [0.15, 0.2) is 5.03 Å². The second kappa shape index (κ2) is 6.20. The van der Waals surface area contributed by atoms with Crippen LogP contribution in [0, 0.1) is 5.41 Å². The van der Waals surface area contributed by atoms with Crippen molar-refractivity contribution in [2.45, 2.75) is 30.7 Å². The molecule has 0 aliphatic heterocycles. The summed E-state index contributed by atoms with van der Waals surface area (Å²) in [4.78, 5) is 4.24. The van der Waals surface area contributed by atoms with Crippen LogP contribution in [0.2, 0.25) is 0 Å². The predicted octanol–water partition coefficient (Wildman–Crippen LogP) is 2.40. The van der Waals surface area contributed by atoms with Crippen molar-refractivity contribution >= 4 is 18.0 Å². The van der Waals surface area contributed by atoms with E-state index in [1.54, 1.807) is 18.9 Å². The Morgan fingerprint density at radius 3 is 2.78 bits per heavy atom. The quantitative estimate of drug-likeness (QED) is 0.488. The van der Waals surface area contributed by atoms with Gasteiger partial charge in [0.1, 0.15) is 5.03 Å². The number of aromatic hydroxyl groups is 1. The van der Waals surface area contributed by atoms with E-state index in [4.69, 9.17) is 10.1 Å². The molecule has 0 atom stereocenters. The summed E-state index contributed by atoms with van der Waals surface area (Å²) in [5.74, 6) is 0.824. The van der Waals surface area contributed by atoms with Crippen LogP contribution in [0.25, 0.3) is 0 Å². The Hall–Kier alpha value is -1.07. The van der Waals surface area contributed by atoms with E-state index in [-0.39, 0.29) is 5.88 Å². The lowest BCUT2D eigenvalue weighted by Crippen LogP contribution is -2.10. The van der Waals surface area contributed by atoms with E-state index in [9.17, 15) is 5.11 Å². The number of thioether (sulfide) groups is 1. The molecule has 0 unspecified atom stereocenters. The van der Waals surface area contributed by atoms with E-state index in [2.05, 4.69) is 4.98 Å². The molecule has 1 aromatic rings. The molecule has 0 aromatic carbocycles. The smallest absolute Gasteiger partial charge is 0.221 e. The minimum atomic E-state index is -0.00873. The van der Waals surface area contributed by atoms with Crippen molar-refractivity contribution in [1.82, 2.24) is 4.98 Å². The van der Waals surface area contributed by atoms with Gasteiger partial charge >= 0.3 is 0 Å². The molecule has 0 saturated heterocycles. The zero-order valence-corrected chi connectivity index (χ0v) is 11.3. The summed E-state index contributed by atoms with van der Waals surface area (Å²) in [5.41, 5.74) is 2.93. The normalized spacial score (nSPS) is 14.3. The number of nitrogens with zero attached hydrogens (tertiary/aromatic N) is 1. The Morgan fingerprint density at radius 2 is 2.11 bits per heavy atom. The molecular weight excluding hydrogens is 248 g/mol. The fourth-order valence-electron chi connectivity index (χ4n) is 2.29. The maximum atomic E-state index is 9.90. The highest BCUT2D eigenvalue weighted by molar-refractivity contribution is 7.99. The standard InChI is InChI=1S/C13H18N2O2S/c1-17-6-7-18-13-10-5-3-2-4-9(10)11(8-14)12(16)15-13/h8,14H,2-7H2,1H3,(H,15,16). The fourth-order valence-corrected chi connectivity index (χ4v) is 3.28. The molecular formula is C13H18N2O2S. The SMILES string of the molecule is COCCSc1nc(O)c(C=N)c2c1CCCC2. The van der Waals surface area contributed by atoms with Gasteiger partial charge in [0, 0.05) is 19.1 Å². The molecule has 1 heterocycles. The summed E-state index contributed by atoms with van der Waals surface area (Å²) in [7, 11) is 1.68. The topological polar surface area (TPSA) is 66.2 Å². The summed E-state index contributed by atoms with van der Waals surface area (Å²) in [6.45, 7) is 0.675. The highest BCUT2D eigenvalue weighted by Gasteiger charge is 2.20. The molecule has 2 rings (SSSR count). The van der Waals surface area contributed by atoms with Crippen LogP contribution in [0.1, 0.15) is 29.5 Å². The van der Waals surface area contributed by atoms with Crippen molar-refractivity contribution in [3.8, 4) is 5.88 Å². The van der Waals surface area contributed by atoms with Gasteiger partial charge in [-0.25, -0.2) is 4.98 Å².